The number of para-hydroxylation sites is 1. The van der Waals surface area contributed by atoms with Gasteiger partial charge in [0.25, 0.3) is 5.91 Å². The zero-order chi connectivity index (χ0) is 16.2. The molecule has 0 fully saturated rings. The third-order valence-electron chi connectivity index (χ3n) is 3.52. The van der Waals surface area contributed by atoms with Crippen LogP contribution in [0.2, 0.25) is 0 Å². The maximum Gasteiger partial charge on any atom is 0.256 e. The topological polar surface area (TPSA) is 47.6 Å². The van der Waals surface area contributed by atoms with Gasteiger partial charge in [0.05, 0.1) is 7.11 Å². The van der Waals surface area contributed by atoms with Crippen LogP contribution in [0, 0.1) is 12.3 Å². The number of carbonyl (C=O) groups excluding carboxylic acids is 1. The number of ether oxygens (including phenoxy) is 2. The molecule has 0 saturated heterocycles. The molecular weight excluding hydrogens is 290 g/mol. The number of terminal acetylenes is 1. The van der Waals surface area contributed by atoms with E-state index in [0.717, 1.165) is 16.8 Å². The van der Waals surface area contributed by atoms with Crippen molar-refractivity contribution in [3.05, 3.63) is 53.6 Å². The van der Waals surface area contributed by atoms with Gasteiger partial charge in [0.2, 0.25) is 0 Å². The molecule has 0 radical (unpaired) electrons. The molecule has 0 aliphatic carbocycles. The van der Waals surface area contributed by atoms with Crippen molar-refractivity contribution in [3.63, 3.8) is 0 Å². The zero-order valence-corrected chi connectivity index (χ0v) is 12.6. The highest BCUT2D eigenvalue weighted by atomic mass is 16.5. The van der Waals surface area contributed by atoms with Gasteiger partial charge in [0, 0.05) is 16.8 Å². The first-order valence-corrected chi connectivity index (χ1v) is 7.09. The molecule has 1 amide bonds. The van der Waals surface area contributed by atoms with Crippen molar-refractivity contribution in [2.45, 2.75) is 0 Å². The summed E-state index contributed by atoms with van der Waals surface area (Å²) in [6, 6.07) is 13.0. The van der Waals surface area contributed by atoms with Gasteiger partial charge in [-0.15, -0.1) is 6.42 Å². The number of amides is 1. The average Bonchev–Trinajstić information content (AvgIpc) is 2.89. The fourth-order valence-electron chi connectivity index (χ4n) is 2.46. The Bertz CT molecular complexity index is 831. The van der Waals surface area contributed by atoms with Crippen molar-refractivity contribution < 1.29 is 14.3 Å². The standard InChI is InChI=1S/C19H15NO3/c1-3-10-23-17-9-8-13(12-18(17)22-2)11-15-14-6-4-5-7-16(14)20-19(15)21/h1,4-9,11-12H,10H2,2H3,(H,20,21). The predicted octanol–water partition coefficient (Wildman–Crippen LogP) is 3.20. The Kier molecular flexibility index (Phi) is 4.03. The molecule has 4 nitrogen and oxygen atoms in total. The second-order valence-electron chi connectivity index (χ2n) is 4.96. The molecule has 1 heterocycles. The summed E-state index contributed by atoms with van der Waals surface area (Å²) in [5, 5.41) is 2.85. The molecular formula is C19H15NO3. The van der Waals surface area contributed by atoms with Crippen LogP contribution in [0.15, 0.2) is 42.5 Å². The molecule has 1 aliphatic rings. The molecule has 1 aliphatic heterocycles. The summed E-state index contributed by atoms with van der Waals surface area (Å²) in [6.07, 6.45) is 7.03. The van der Waals surface area contributed by atoms with Crippen LogP contribution >= 0.6 is 0 Å². The molecule has 4 heteroatoms. The SMILES string of the molecule is C#CCOc1ccc(C=C2C(=O)Nc3ccccc32)cc1OC. The highest BCUT2D eigenvalue weighted by Gasteiger charge is 2.23. The third-order valence-corrected chi connectivity index (χ3v) is 3.52. The summed E-state index contributed by atoms with van der Waals surface area (Å²) in [7, 11) is 1.56. The lowest BCUT2D eigenvalue weighted by Gasteiger charge is -2.09. The number of nitrogens with one attached hydrogen (secondary N) is 1. The number of fused-ring (bicyclic) bond motifs is 1. The lowest BCUT2D eigenvalue weighted by atomic mass is 10.0. The van der Waals surface area contributed by atoms with E-state index in [1.54, 1.807) is 13.2 Å². The van der Waals surface area contributed by atoms with Gasteiger partial charge in [-0.1, -0.05) is 30.2 Å². The van der Waals surface area contributed by atoms with Crippen LogP contribution in [0.4, 0.5) is 5.69 Å². The smallest absolute Gasteiger partial charge is 0.256 e. The molecule has 0 saturated carbocycles. The Morgan fingerprint density at radius 1 is 1.22 bits per heavy atom. The molecule has 1 N–H and O–H groups in total. The molecule has 0 spiro atoms. The van der Waals surface area contributed by atoms with E-state index in [-0.39, 0.29) is 12.5 Å². The molecule has 3 rings (SSSR count). The van der Waals surface area contributed by atoms with Gasteiger partial charge >= 0.3 is 0 Å². The largest absolute Gasteiger partial charge is 0.493 e. The van der Waals surface area contributed by atoms with Gasteiger partial charge < -0.3 is 14.8 Å². The maximum absolute atomic E-state index is 12.1. The molecule has 2 aromatic carbocycles. The highest BCUT2D eigenvalue weighted by Crippen LogP contribution is 2.34. The van der Waals surface area contributed by atoms with Crippen LogP contribution in [0.25, 0.3) is 11.6 Å². The second kappa shape index (κ2) is 6.29. The van der Waals surface area contributed by atoms with Gasteiger partial charge in [-0.2, -0.15) is 0 Å². The van der Waals surface area contributed by atoms with Crippen LogP contribution in [-0.4, -0.2) is 19.6 Å². The lowest BCUT2D eigenvalue weighted by Crippen LogP contribution is -2.03. The van der Waals surface area contributed by atoms with E-state index in [1.165, 1.54) is 0 Å². The number of anilines is 1. The average molecular weight is 305 g/mol. The summed E-state index contributed by atoms with van der Waals surface area (Å²) >= 11 is 0. The number of benzene rings is 2. The molecule has 23 heavy (non-hydrogen) atoms. The zero-order valence-electron chi connectivity index (χ0n) is 12.6. The summed E-state index contributed by atoms with van der Waals surface area (Å²) in [5.41, 5.74) is 3.19. The van der Waals surface area contributed by atoms with Crippen LogP contribution < -0.4 is 14.8 Å². The van der Waals surface area contributed by atoms with Crippen molar-refractivity contribution in [1.29, 1.82) is 0 Å². The van der Waals surface area contributed by atoms with E-state index in [2.05, 4.69) is 11.2 Å². The Labute approximate surface area is 134 Å². The van der Waals surface area contributed by atoms with Crippen molar-refractivity contribution >= 4 is 23.2 Å². The van der Waals surface area contributed by atoms with Gasteiger partial charge in [0.1, 0.15) is 6.61 Å². The van der Waals surface area contributed by atoms with Crippen LogP contribution in [-0.2, 0) is 4.79 Å². The minimum atomic E-state index is -0.113. The quantitative estimate of drug-likeness (QED) is 0.697. The number of carbonyl (C=O) groups is 1. The Balaban J connectivity index is 1.97. The van der Waals surface area contributed by atoms with Gasteiger partial charge in [-0.25, -0.2) is 0 Å². The summed E-state index contributed by atoms with van der Waals surface area (Å²) in [4.78, 5) is 12.1. The molecule has 0 atom stereocenters. The van der Waals surface area contributed by atoms with E-state index < -0.39 is 0 Å². The van der Waals surface area contributed by atoms with Crippen LogP contribution in [0.1, 0.15) is 11.1 Å². The minimum Gasteiger partial charge on any atom is -0.493 e. The minimum absolute atomic E-state index is 0.113. The molecule has 2 aromatic rings. The van der Waals surface area contributed by atoms with E-state index in [1.807, 2.05) is 42.5 Å². The molecule has 0 unspecified atom stereocenters. The van der Waals surface area contributed by atoms with E-state index in [4.69, 9.17) is 15.9 Å². The molecule has 0 aromatic heterocycles. The lowest BCUT2D eigenvalue weighted by molar-refractivity contribution is -0.110. The molecule has 114 valence electrons. The fraction of sp³-hybridized carbons (Fsp3) is 0.105. The van der Waals surface area contributed by atoms with Gasteiger partial charge in [-0.05, 0) is 29.8 Å². The summed E-state index contributed by atoms with van der Waals surface area (Å²) in [6.45, 7) is 0.173. The third kappa shape index (κ3) is 2.90. The molecule has 0 bridgehead atoms. The van der Waals surface area contributed by atoms with Gasteiger partial charge in [0.15, 0.2) is 11.5 Å². The Morgan fingerprint density at radius 2 is 2.04 bits per heavy atom. The predicted molar refractivity (Wildman–Crippen MR) is 90.3 cm³/mol. The van der Waals surface area contributed by atoms with E-state index >= 15 is 0 Å². The first kappa shape index (κ1) is 14.7. The number of rotatable bonds is 4. The van der Waals surface area contributed by atoms with Crippen molar-refractivity contribution in [2.75, 3.05) is 19.0 Å². The van der Waals surface area contributed by atoms with E-state index in [0.29, 0.717) is 17.1 Å². The highest BCUT2D eigenvalue weighted by molar-refractivity contribution is 6.34. The van der Waals surface area contributed by atoms with Crippen LogP contribution in [0.5, 0.6) is 11.5 Å². The first-order chi connectivity index (χ1) is 11.2. The van der Waals surface area contributed by atoms with Crippen LogP contribution in [0.3, 0.4) is 0 Å². The van der Waals surface area contributed by atoms with Crippen molar-refractivity contribution in [1.82, 2.24) is 0 Å². The Morgan fingerprint density at radius 3 is 2.83 bits per heavy atom. The van der Waals surface area contributed by atoms with Crippen molar-refractivity contribution in [2.24, 2.45) is 0 Å². The summed E-state index contributed by atoms with van der Waals surface area (Å²) < 4.78 is 10.7. The van der Waals surface area contributed by atoms with Gasteiger partial charge in [-0.3, -0.25) is 4.79 Å². The maximum atomic E-state index is 12.1. The monoisotopic (exact) mass is 305 g/mol. The Hall–Kier alpha value is -3.19. The fourth-order valence-corrected chi connectivity index (χ4v) is 2.46. The van der Waals surface area contributed by atoms with Crippen molar-refractivity contribution in [3.8, 4) is 23.8 Å². The number of methoxy groups -OCH3 is 1. The second-order valence-corrected chi connectivity index (χ2v) is 4.96. The number of hydrogen-bond acceptors (Lipinski definition) is 3. The first-order valence-electron chi connectivity index (χ1n) is 7.09. The number of hydrogen-bond donors (Lipinski definition) is 1. The normalized spacial score (nSPS) is 14.1. The van der Waals surface area contributed by atoms with E-state index in [9.17, 15) is 4.79 Å². The summed E-state index contributed by atoms with van der Waals surface area (Å²) in [5.74, 6) is 3.45.